The van der Waals surface area contributed by atoms with Gasteiger partial charge in [0, 0.05) is 17.2 Å². The average Bonchev–Trinajstić information content (AvgIpc) is 2.76. The average molecular weight is 409 g/mol. The first kappa shape index (κ1) is 23.3. The van der Waals surface area contributed by atoms with Crippen LogP contribution in [-0.2, 0) is 6.42 Å². The molecule has 160 valence electrons. The molecular formula is C26H32O4. The number of benzene rings is 2. The number of hydrogen-bond donors (Lipinski definition) is 0. The molecule has 0 aliphatic heterocycles. The van der Waals surface area contributed by atoms with Crippen molar-refractivity contribution < 1.29 is 19.0 Å². The van der Waals surface area contributed by atoms with Gasteiger partial charge in [0.2, 0.25) is 0 Å². The second-order valence-corrected chi connectivity index (χ2v) is 6.83. The van der Waals surface area contributed by atoms with Crippen molar-refractivity contribution in [1.82, 2.24) is 0 Å². The van der Waals surface area contributed by atoms with Gasteiger partial charge in [-0.15, -0.1) is 6.58 Å². The lowest BCUT2D eigenvalue weighted by molar-refractivity contribution is 0.104. The summed E-state index contributed by atoms with van der Waals surface area (Å²) in [5.41, 5.74) is 2.51. The number of ketones is 1. The van der Waals surface area contributed by atoms with Gasteiger partial charge in [0.05, 0.1) is 19.8 Å². The topological polar surface area (TPSA) is 44.8 Å². The van der Waals surface area contributed by atoms with Crippen molar-refractivity contribution in [2.75, 3.05) is 19.8 Å². The van der Waals surface area contributed by atoms with Crippen LogP contribution >= 0.6 is 0 Å². The Balaban J connectivity index is 2.33. The van der Waals surface area contributed by atoms with Crippen LogP contribution in [0.15, 0.2) is 55.1 Å². The highest BCUT2D eigenvalue weighted by Gasteiger charge is 2.12. The minimum absolute atomic E-state index is 0.0708. The Bertz CT molecular complexity index is 850. The Morgan fingerprint density at radius 3 is 2.27 bits per heavy atom. The Labute approximate surface area is 180 Å². The van der Waals surface area contributed by atoms with Crippen molar-refractivity contribution in [3.8, 4) is 17.2 Å². The molecule has 2 rings (SSSR count). The SMILES string of the molecule is C=CCc1c(C=CC(=O)c2ccc(OCC)cc2)cc(OCCC)cc1OCCC. The highest BCUT2D eigenvalue weighted by Crippen LogP contribution is 2.31. The van der Waals surface area contributed by atoms with E-state index < -0.39 is 0 Å². The Morgan fingerprint density at radius 1 is 0.933 bits per heavy atom. The molecule has 0 saturated carbocycles. The monoisotopic (exact) mass is 408 g/mol. The molecule has 0 aliphatic carbocycles. The molecule has 0 radical (unpaired) electrons. The maximum Gasteiger partial charge on any atom is 0.185 e. The van der Waals surface area contributed by atoms with Gasteiger partial charge >= 0.3 is 0 Å². The van der Waals surface area contributed by atoms with E-state index in [1.807, 2.05) is 43.3 Å². The lowest BCUT2D eigenvalue weighted by Crippen LogP contribution is -2.03. The molecule has 0 amide bonds. The first-order valence-electron chi connectivity index (χ1n) is 10.6. The summed E-state index contributed by atoms with van der Waals surface area (Å²) in [5.74, 6) is 2.20. The number of hydrogen-bond acceptors (Lipinski definition) is 4. The number of rotatable bonds is 13. The molecule has 0 heterocycles. The summed E-state index contributed by atoms with van der Waals surface area (Å²) in [6.07, 6.45) is 7.73. The zero-order valence-electron chi connectivity index (χ0n) is 18.3. The Hall–Kier alpha value is -3.01. The molecule has 0 atom stereocenters. The van der Waals surface area contributed by atoms with E-state index in [2.05, 4.69) is 20.4 Å². The molecule has 0 N–H and O–H groups in total. The van der Waals surface area contributed by atoms with Gasteiger partial charge in [-0.25, -0.2) is 0 Å². The van der Waals surface area contributed by atoms with Gasteiger partial charge in [-0.2, -0.15) is 0 Å². The summed E-state index contributed by atoms with van der Waals surface area (Å²) in [7, 11) is 0. The van der Waals surface area contributed by atoms with E-state index in [9.17, 15) is 4.79 Å². The predicted octanol–water partition coefficient (Wildman–Crippen LogP) is 6.29. The van der Waals surface area contributed by atoms with E-state index in [1.165, 1.54) is 0 Å². The highest BCUT2D eigenvalue weighted by atomic mass is 16.5. The summed E-state index contributed by atoms with van der Waals surface area (Å²) < 4.78 is 17.2. The van der Waals surface area contributed by atoms with Crippen molar-refractivity contribution in [2.24, 2.45) is 0 Å². The number of carbonyl (C=O) groups is 1. The molecule has 0 fully saturated rings. The maximum atomic E-state index is 12.7. The van der Waals surface area contributed by atoms with Crippen LogP contribution < -0.4 is 14.2 Å². The number of allylic oxidation sites excluding steroid dienone is 2. The molecule has 4 heteroatoms. The lowest BCUT2D eigenvalue weighted by Gasteiger charge is -2.16. The molecule has 30 heavy (non-hydrogen) atoms. The minimum Gasteiger partial charge on any atom is -0.494 e. The molecule has 0 saturated heterocycles. The van der Waals surface area contributed by atoms with Gasteiger partial charge in [0.25, 0.3) is 0 Å². The van der Waals surface area contributed by atoms with E-state index in [0.29, 0.717) is 31.8 Å². The Kier molecular flexibility index (Phi) is 9.72. The van der Waals surface area contributed by atoms with Gasteiger partial charge in [0.15, 0.2) is 5.78 Å². The molecule has 0 aliphatic rings. The fourth-order valence-electron chi connectivity index (χ4n) is 2.94. The standard InChI is InChI=1S/C26H32O4/c1-5-9-24-21(18-23(29-16-6-2)19-26(24)30-17-7-3)12-15-25(27)20-10-13-22(14-11-20)28-8-4/h5,10-15,18-19H,1,6-9,16-17H2,2-4H3. The van der Waals surface area contributed by atoms with Crippen molar-refractivity contribution in [3.63, 3.8) is 0 Å². The van der Waals surface area contributed by atoms with E-state index >= 15 is 0 Å². The third-order valence-corrected chi connectivity index (χ3v) is 4.36. The van der Waals surface area contributed by atoms with Crippen molar-refractivity contribution in [3.05, 3.63) is 71.8 Å². The summed E-state index contributed by atoms with van der Waals surface area (Å²) in [6.45, 7) is 11.8. The molecule has 0 bridgehead atoms. The highest BCUT2D eigenvalue weighted by molar-refractivity contribution is 6.07. The van der Waals surface area contributed by atoms with Gasteiger partial charge < -0.3 is 14.2 Å². The largest absolute Gasteiger partial charge is 0.494 e. The summed E-state index contributed by atoms with van der Waals surface area (Å²) >= 11 is 0. The molecular weight excluding hydrogens is 376 g/mol. The van der Waals surface area contributed by atoms with Crippen LogP contribution in [0.4, 0.5) is 0 Å². The zero-order chi connectivity index (χ0) is 21.8. The smallest absolute Gasteiger partial charge is 0.185 e. The molecule has 4 nitrogen and oxygen atoms in total. The van der Waals surface area contributed by atoms with Crippen molar-refractivity contribution in [1.29, 1.82) is 0 Å². The van der Waals surface area contributed by atoms with Crippen LogP contribution in [0.2, 0.25) is 0 Å². The molecule has 0 unspecified atom stereocenters. The second kappa shape index (κ2) is 12.5. The summed E-state index contributed by atoms with van der Waals surface area (Å²) in [5, 5.41) is 0. The predicted molar refractivity (Wildman–Crippen MR) is 123 cm³/mol. The number of ether oxygens (including phenoxy) is 3. The van der Waals surface area contributed by atoms with Crippen molar-refractivity contribution in [2.45, 2.75) is 40.0 Å². The van der Waals surface area contributed by atoms with E-state index in [4.69, 9.17) is 14.2 Å². The zero-order valence-corrected chi connectivity index (χ0v) is 18.3. The first-order valence-corrected chi connectivity index (χ1v) is 10.6. The Morgan fingerprint density at radius 2 is 1.63 bits per heavy atom. The quantitative estimate of drug-likeness (QED) is 0.222. The fourth-order valence-corrected chi connectivity index (χ4v) is 2.94. The second-order valence-electron chi connectivity index (χ2n) is 6.83. The normalized spacial score (nSPS) is 10.8. The van der Waals surface area contributed by atoms with Crippen LogP contribution in [0.1, 0.15) is 55.1 Å². The molecule has 2 aromatic rings. The van der Waals surface area contributed by atoms with E-state index in [0.717, 1.165) is 41.2 Å². The van der Waals surface area contributed by atoms with Crippen LogP contribution in [0.25, 0.3) is 6.08 Å². The van der Waals surface area contributed by atoms with Gasteiger partial charge in [-0.1, -0.05) is 26.0 Å². The van der Waals surface area contributed by atoms with E-state index in [-0.39, 0.29) is 5.78 Å². The third kappa shape index (κ3) is 6.80. The third-order valence-electron chi connectivity index (χ3n) is 4.36. The minimum atomic E-state index is -0.0708. The van der Waals surface area contributed by atoms with Gasteiger partial charge in [-0.05, 0) is 68.2 Å². The first-order chi connectivity index (χ1) is 14.6. The van der Waals surface area contributed by atoms with Gasteiger partial charge in [0.1, 0.15) is 17.2 Å². The fraction of sp³-hybridized carbons (Fsp3) is 0.346. The van der Waals surface area contributed by atoms with Crippen LogP contribution in [0, 0.1) is 0 Å². The molecule has 2 aromatic carbocycles. The number of carbonyl (C=O) groups excluding carboxylic acids is 1. The summed E-state index contributed by atoms with van der Waals surface area (Å²) in [6, 6.07) is 11.1. The van der Waals surface area contributed by atoms with Crippen LogP contribution in [-0.4, -0.2) is 25.6 Å². The van der Waals surface area contributed by atoms with Crippen molar-refractivity contribution >= 4 is 11.9 Å². The lowest BCUT2D eigenvalue weighted by atomic mass is 10.0. The molecule has 0 aromatic heterocycles. The molecule has 0 spiro atoms. The van der Waals surface area contributed by atoms with Crippen LogP contribution in [0.3, 0.4) is 0 Å². The van der Waals surface area contributed by atoms with Crippen LogP contribution in [0.5, 0.6) is 17.2 Å². The maximum absolute atomic E-state index is 12.7. The van der Waals surface area contributed by atoms with Gasteiger partial charge in [-0.3, -0.25) is 4.79 Å². The van der Waals surface area contributed by atoms with E-state index in [1.54, 1.807) is 18.2 Å². The summed E-state index contributed by atoms with van der Waals surface area (Å²) in [4.78, 5) is 12.7.